The van der Waals surface area contributed by atoms with Gasteiger partial charge in [0.1, 0.15) is 0 Å². The van der Waals surface area contributed by atoms with Crippen molar-refractivity contribution in [2.45, 2.75) is 67.2 Å². The number of rotatable bonds is 4. The van der Waals surface area contributed by atoms with Gasteiger partial charge in [0.05, 0.1) is 0 Å². The maximum Gasteiger partial charge on any atom is 0 e. The molecule has 1 radical (unpaired) electrons. The van der Waals surface area contributed by atoms with Crippen LogP contribution in [-0.4, -0.2) is 0 Å². The van der Waals surface area contributed by atoms with Gasteiger partial charge < -0.3 is 6.92 Å². The summed E-state index contributed by atoms with van der Waals surface area (Å²) in [6.07, 6.45) is 5.21. The molecule has 1 fully saturated rings. The summed E-state index contributed by atoms with van der Waals surface area (Å²) in [6, 6.07) is 0. The van der Waals surface area contributed by atoms with Crippen molar-refractivity contribution in [1.82, 2.24) is 0 Å². The van der Waals surface area contributed by atoms with Gasteiger partial charge in [-0.1, -0.05) is 47.0 Å². The van der Waals surface area contributed by atoms with Gasteiger partial charge in [-0.05, 0) is 36.0 Å². The van der Waals surface area contributed by atoms with Gasteiger partial charge in [0, 0.05) is 32.7 Å². The maximum atomic E-state index is 4.11. The molecular weight excluding hydrogens is 269 g/mol. The number of hydrogen-bond acceptors (Lipinski definition) is 0. The third-order valence-electron chi connectivity index (χ3n) is 5.12. The van der Waals surface area contributed by atoms with E-state index in [1.807, 2.05) is 0 Å². The van der Waals surface area contributed by atoms with Crippen molar-refractivity contribution < 1.29 is 32.7 Å². The fraction of sp³-hybridized carbons (Fsp3) is 0.933. The summed E-state index contributed by atoms with van der Waals surface area (Å²) in [5.74, 6) is 0.798. The van der Waals surface area contributed by atoms with Crippen LogP contribution < -0.4 is 0 Å². The van der Waals surface area contributed by atoms with Crippen LogP contribution in [0.2, 0.25) is 0 Å². The molecule has 1 unspecified atom stereocenters. The summed E-state index contributed by atoms with van der Waals surface area (Å²) in [5, 5.41) is 0. The Bertz CT molecular complexity index is 228. The first-order valence-electron chi connectivity index (χ1n) is 6.46. The van der Waals surface area contributed by atoms with Gasteiger partial charge in [-0.2, -0.15) is 6.42 Å². The van der Waals surface area contributed by atoms with Gasteiger partial charge in [0.2, 0.25) is 0 Å². The van der Waals surface area contributed by atoms with E-state index in [9.17, 15) is 0 Å². The number of hydrogen-bond donors (Lipinski definition) is 0. The van der Waals surface area contributed by atoms with Crippen LogP contribution in [0.15, 0.2) is 0 Å². The van der Waals surface area contributed by atoms with Crippen molar-refractivity contribution in [2.75, 3.05) is 0 Å². The van der Waals surface area contributed by atoms with Gasteiger partial charge in [-0.15, -0.1) is 0 Å². The average molecular weight is 298 g/mol. The molecule has 0 aromatic carbocycles. The first kappa shape index (κ1) is 17.1. The summed E-state index contributed by atoms with van der Waals surface area (Å²) in [7, 11) is 0. The second-order valence-corrected chi connectivity index (χ2v) is 7.29. The van der Waals surface area contributed by atoms with E-state index in [0.717, 1.165) is 12.3 Å². The zero-order chi connectivity index (χ0) is 11.9. The monoisotopic (exact) mass is 298 g/mol. The third-order valence-corrected chi connectivity index (χ3v) is 5.12. The van der Waals surface area contributed by atoms with Gasteiger partial charge >= 0.3 is 0 Å². The molecule has 0 bridgehead atoms. The average Bonchev–Trinajstić information content (AvgIpc) is 2.12. The van der Waals surface area contributed by atoms with E-state index in [2.05, 4.69) is 48.5 Å². The van der Waals surface area contributed by atoms with Crippen LogP contribution in [0.5, 0.6) is 0 Å². The molecule has 0 aromatic heterocycles. The molecule has 0 spiro atoms. The predicted molar refractivity (Wildman–Crippen MR) is 68.7 cm³/mol. The van der Waals surface area contributed by atoms with Crippen molar-refractivity contribution in [2.24, 2.45) is 22.2 Å². The Balaban J connectivity index is 0.00000225. The molecule has 0 amide bonds. The van der Waals surface area contributed by atoms with Gasteiger partial charge in [-0.25, -0.2) is 0 Å². The maximum absolute atomic E-state index is 4.11. The molecular formula is C15H29Y-. The zero-order valence-corrected chi connectivity index (χ0v) is 15.0. The van der Waals surface area contributed by atoms with Crippen molar-refractivity contribution in [3.63, 3.8) is 0 Å². The van der Waals surface area contributed by atoms with Gasteiger partial charge in [0.25, 0.3) is 0 Å². The van der Waals surface area contributed by atoms with E-state index in [4.69, 9.17) is 0 Å². The molecule has 1 atom stereocenters. The minimum atomic E-state index is 0. The van der Waals surface area contributed by atoms with E-state index in [1.165, 1.54) is 19.3 Å². The van der Waals surface area contributed by atoms with E-state index in [1.54, 1.807) is 0 Å². The first-order chi connectivity index (χ1) is 6.67. The quantitative estimate of drug-likeness (QED) is 0.634. The van der Waals surface area contributed by atoms with Crippen LogP contribution in [0.3, 0.4) is 0 Å². The van der Waals surface area contributed by atoms with Crippen LogP contribution in [-0.2, 0) is 32.7 Å². The summed E-state index contributed by atoms with van der Waals surface area (Å²) in [6.45, 7) is 18.6. The molecule has 1 rings (SSSR count). The van der Waals surface area contributed by atoms with Gasteiger partial charge in [0.15, 0.2) is 0 Å². The second kappa shape index (κ2) is 5.39. The summed E-state index contributed by atoms with van der Waals surface area (Å²) in [4.78, 5) is 0. The minimum absolute atomic E-state index is 0. The van der Waals surface area contributed by atoms with Gasteiger partial charge in [-0.3, -0.25) is 0 Å². The van der Waals surface area contributed by atoms with E-state index >= 15 is 0 Å². The predicted octanol–water partition coefficient (Wildman–Crippen LogP) is 5.09. The molecule has 1 aliphatic carbocycles. The normalized spacial score (nSPS) is 28.5. The summed E-state index contributed by atoms with van der Waals surface area (Å²) < 4.78 is 0. The van der Waals surface area contributed by atoms with Crippen LogP contribution in [0, 0.1) is 29.1 Å². The Morgan fingerprint density at radius 2 is 1.69 bits per heavy atom. The molecule has 0 aliphatic heterocycles. The second-order valence-electron chi connectivity index (χ2n) is 7.29. The zero-order valence-electron chi connectivity index (χ0n) is 12.2. The fourth-order valence-electron chi connectivity index (χ4n) is 3.49. The first-order valence-corrected chi connectivity index (χ1v) is 6.46. The van der Waals surface area contributed by atoms with Crippen LogP contribution in [0.25, 0.3) is 0 Å². The standard InChI is InChI=1S/C15H29.Y/c1-8-13(4,5)11-15(12(2)3)10-9-14(15,6)7;/h12H,1,8-11H2,2-7H3;/q-1;. The van der Waals surface area contributed by atoms with Crippen LogP contribution >= 0.6 is 0 Å². The Morgan fingerprint density at radius 3 is 1.88 bits per heavy atom. The summed E-state index contributed by atoms with van der Waals surface area (Å²) in [5.41, 5.74) is 1.50. The minimum Gasteiger partial charge on any atom is -0.343 e. The third kappa shape index (κ3) is 2.92. The van der Waals surface area contributed by atoms with E-state index in [-0.39, 0.29) is 32.7 Å². The van der Waals surface area contributed by atoms with E-state index in [0.29, 0.717) is 16.2 Å². The van der Waals surface area contributed by atoms with Crippen molar-refractivity contribution in [3.05, 3.63) is 6.92 Å². The van der Waals surface area contributed by atoms with Crippen molar-refractivity contribution in [3.8, 4) is 0 Å². The Morgan fingerprint density at radius 1 is 1.19 bits per heavy atom. The molecule has 1 aliphatic rings. The fourth-order valence-corrected chi connectivity index (χ4v) is 3.49. The van der Waals surface area contributed by atoms with Crippen molar-refractivity contribution >= 4 is 0 Å². The molecule has 0 saturated heterocycles. The Kier molecular flexibility index (Phi) is 5.76. The molecule has 0 heterocycles. The van der Waals surface area contributed by atoms with Crippen LogP contribution in [0.4, 0.5) is 0 Å². The van der Waals surface area contributed by atoms with E-state index < -0.39 is 0 Å². The summed E-state index contributed by atoms with van der Waals surface area (Å²) >= 11 is 0. The Hall–Kier alpha value is 1.10. The molecule has 93 valence electrons. The molecule has 0 N–H and O–H groups in total. The topological polar surface area (TPSA) is 0 Å². The van der Waals surface area contributed by atoms with Crippen molar-refractivity contribution in [1.29, 1.82) is 0 Å². The molecule has 1 saturated carbocycles. The molecule has 16 heavy (non-hydrogen) atoms. The molecule has 0 nitrogen and oxygen atoms in total. The largest absolute Gasteiger partial charge is 0.343 e. The molecule has 0 aromatic rings. The Labute approximate surface area is 128 Å². The van der Waals surface area contributed by atoms with Crippen LogP contribution in [0.1, 0.15) is 67.2 Å². The SMILES string of the molecule is [CH2-]CC(C)(C)CC1(C(C)C)CCC1(C)C.[Y]. The molecule has 1 heteroatoms. The smallest absolute Gasteiger partial charge is 0 e.